The average Bonchev–Trinajstić information content (AvgIpc) is 2.93. The molecule has 0 aromatic heterocycles. The molecule has 2 aromatic rings. The number of carbonyl (C=O) groups excluding carboxylic acids is 4. The van der Waals surface area contributed by atoms with Gasteiger partial charge in [-0.25, -0.2) is 4.79 Å². The molecule has 236 valence electrons. The van der Waals surface area contributed by atoms with Gasteiger partial charge in [0, 0.05) is 17.8 Å². The first-order chi connectivity index (χ1) is 20.4. The molecule has 4 amide bonds. The monoisotopic (exact) mass is 598 g/mol. The third-order valence-corrected chi connectivity index (χ3v) is 6.58. The molecule has 0 spiro atoms. The van der Waals surface area contributed by atoms with Crippen molar-refractivity contribution in [3.05, 3.63) is 54.1 Å². The minimum absolute atomic E-state index is 0.116. The van der Waals surface area contributed by atoms with E-state index in [1.807, 2.05) is 0 Å². The molecule has 11 nitrogen and oxygen atoms in total. The molecule has 11 heteroatoms. The Morgan fingerprint density at radius 3 is 2.16 bits per heavy atom. The fraction of sp³-hybridized carbons (Fsp3) is 0.500. The lowest BCUT2D eigenvalue weighted by molar-refractivity contribution is -0.142. The van der Waals surface area contributed by atoms with E-state index in [2.05, 4.69) is 17.6 Å². The van der Waals surface area contributed by atoms with E-state index in [0.717, 1.165) is 32.1 Å². The summed E-state index contributed by atoms with van der Waals surface area (Å²) in [4.78, 5) is 54.1. The molecule has 2 atom stereocenters. The first-order valence-electron chi connectivity index (χ1n) is 14.7. The van der Waals surface area contributed by atoms with E-state index in [4.69, 9.17) is 15.2 Å². The van der Waals surface area contributed by atoms with Crippen molar-refractivity contribution < 1.29 is 33.8 Å². The molecule has 0 aliphatic heterocycles. The minimum Gasteiger partial charge on any atom is -0.508 e. The number of rotatable bonds is 16. The van der Waals surface area contributed by atoms with E-state index in [-0.39, 0.29) is 17.9 Å². The van der Waals surface area contributed by atoms with Crippen LogP contribution in [-0.4, -0.2) is 59.1 Å². The molecule has 0 aliphatic rings. The number of nitrogens with zero attached hydrogens (tertiary/aromatic N) is 1. The number of benzene rings is 2. The summed E-state index contributed by atoms with van der Waals surface area (Å²) in [5, 5.41) is 16.1. The average molecular weight is 599 g/mol. The van der Waals surface area contributed by atoms with Crippen molar-refractivity contribution in [3.63, 3.8) is 0 Å². The highest BCUT2D eigenvalue weighted by atomic mass is 16.6. The quantitative estimate of drug-likeness (QED) is 0.197. The summed E-state index contributed by atoms with van der Waals surface area (Å²) in [5.41, 5.74) is 5.23. The van der Waals surface area contributed by atoms with Gasteiger partial charge in [0.1, 0.15) is 29.2 Å². The number of para-hydroxylation sites is 1. The van der Waals surface area contributed by atoms with Gasteiger partial charge in [0.15, 0.2) is 0 Å². The molecule has 0 radical (unpaired) electrons. The largest absolute Gasteiger partial charge is 0.508 e. The van der Waals surface area contributed by atoms with Crippen LogP contribution in [0.1, 0.15) is 84.2 Å². The number of alkyl carbamates (subject to hydrolysis) is 1. The van der Waals surface area contributed by atoms with E-state index in [9.17, 15) is 24.3 Å². The van der Waals surface area contributed by atoms with E-state index in [1.54, 1.807) is 63.2 Å². The third-order valence-electron chi connectivity index (χ3n) is 6.58. The summed E-state index contributed by atoms with van der Waals surface area (Å²) < 4.78 is 10.5. The molecule has 0 saturated heterocycles. The molecule has 2 unspecified atom stereocenters. The number of primary amides is 1. The van der Waals surface area contributed by atoms with Crippen molar-refractivity contribution in [2.24, 2.45) is 5.73 Å². The van der Waals surface area contributed by atoms with Crippen LogP contribution in [0, 0.1) is 0 Å². The number of hydrogen-bond acceptors (Lipinski definition) is 7. The summed E-state index contributed by atoms with van der Waals surface area (Å²) in [6, 6.07) is 10.2. The zero-order valence-electron chi connectivity index (χ0n) is 25.9. The summed E-state index contributed by atoms with van der Waals surface area (Å²) in [6.45, 7) is 7.24. The third kappa shape index (κ3) is 11.9. The highest BCUT2D eigenvalue weighted by molar-refractivity contribution is 6.00. The molecule has 0 heterocycles. The lowest BCUT2D eigenvalue weighted by Crippen LogP contribution is -2.53. The normalized spacial score (nSPS) is 12.5. The Morgan fingerprint density at radius 2 is 1.58 bits per heavy atom. The predicted molar refractivity (Wildman–Crippen MR) is 165 cm³/mol. The van der Waals surface area contributed by atoms with E-state index in [0.29, 0.717) is 17.9 Å². The Morgan fingerprint density at radius 1 is 0.953 bits per heavy atom. The fourth-order valence-corrected chi connectivity index (χ4v) is 4.53. The van der Waals surface area contributed by atoms with Gasteiger partial charge in [-0.05, 0) is 57.5 Å². The van der Waals surface area contributed by atoms with Gasteiger partial charge in [-0.1, -0.05) is 57.2 Å². The molecule has 2 rings (SSSR count). The lowest BCUT2D eigenvalue weighted by atomic mass is 10.00. The van der Waals surface area contributed by atoms with Crippen LogP contribution in [0.15, 0.2) is 48.5 Å². The smallest absolute Gasteiger partial charge is 0.408 e. The lowest BCUT2D eigenvalue weighted by Gasteiger charge is -2.34. The number of amides is 4. The van der Waals surface area contributed by atoms with Crippen LogP contribution in [0.5, 0.6) is 11.5 Å². The van der Waals surface area contributed by atoms with Gasteiger partial charge in [-0.3, -0.25) is 14.4 Å². The predicted octanol–water partition coefficient (Wildman–Crippen LogP) is 5.04. The maximum absolute atomic E-state index is 14.2. The van der Waals surface area contributed by atoms with Crippen molar-refractivity contribution in [2.75, 3.05) is 19.0 Å². The van der Waals surface area contributed by atoms with Gasteiger partial charge in [0.25, 0.3) is 5.91 Å². The number of hydrogen-bond donors (Lipinski definition) is 4. The number of aromatic hydroxyl groups is 1. The van der Waals surface area contributed by atoms with Gasteiger partial charge < -0.3 is 35.8 Å². The topological polar surface area (TPSA) is 160 Å². The molecule has 2 aromatic carbocycles. The Kier molecular flexibility index (Phi) is 13.8. The van der Waals surface area contributed by atoms with Crippen molar-refractivity contribution in [3.8, 4) is 11.5 Å². The number of nitrogens with two attached hydrogens (primary N) is 1. The molecule has 0 fully saturated rings. The first kappa shape index (κ1) is 34.9. The second kappa shape index (κ2) is 17.0. The fourth-order valence-electron chi connectivity index (χ4n) is 4.53. The van der Waals surface area contributed by atoms with Gasteiger partial charge in [-0.15, -0.1) is 0 Å². The van der Waals surface area contributed by atoms with Crippen LogP contribution in [0.2, 0.25) is 0 Å². The minimum atomic E-state index is -1.41. The molecule has 0 saturated carbocycles. The number of phenolic OH excluding ortho intramolecular Hbond substituents is 1. The maximum atomic E-state index is 14.2. The van der Waals surface area contributed by atoms with Gasteiger partial charge in [-0.2, -0.15) is 0 Å². The zero-order valence-corrected chi connectivity index (χ0v) is 25.9. The van der Waals surface area contributed by atoms with Crippen LogP contribution < -0.4 is 21.1 Å². The van der Waals surface area contributed by atoms with E-state index < -0.39 is 47.9 Å². The Labute approximate surface area is 254 Å². The maximum Gasteiger partial charge on any atom is 0.408 e. The second-order valence-electron chi connectivity index (χ2n) is 11.3. The number of nitrogens with one attached hydrogen (secondary N) is 2. The van der Waals surface area contributed by atoms with E-state index >= 15 is 0 Å². The van der Waals surface area contributed by atoms with Crippen LogP contribution in [0.25, 0.3) is 0 Å². The number of unbranched alkanes of at least 4 members (excludes halogenated alkanes) is 5. The van der Waals surface area contributed by atoms with Crippen molar-refractivity contribution in [2.45, 2.75) is 90.3 Å². The number of ether oxygens (including phenoxy) is 2. The summed E-state index contributed by atoms with van der Waals surface area (Å²) in [7, 11) is 1.53. The number of phenols is 1. The number of methoxy groups -OCH3 is 1. The van der Waals surface area contributed by atoms with Crippen LogP contribution in [0.3, 0.4) is 0 Å². The molecule has 0 aliphatic carbocycles. The standard InChI is InChI=1S/C32H46N4O7/c1-6-7-8-9-10-13-20-36(30(40)25(21-27(33)38)35-31(41)43-32(2,3)4)28(24-14-11-12-15-26(24)37)29(39)34-22-16-18-23(42-5)19-17-22/h11-12,14-19,25,28,37H,6-10,13,20-21H2,1-5H3,(H2,33,38)(H,34,39)(H,35,41). The number of carbonyl (C=O) groups is 4. The molecule has 43 heavy (non-hydrogen) atoms. The first-order valence-corrected chi connectivity index (χ1v) is 14.7. The van der Waals surface area contributed by atoms with Crippen LogP contribution >= 0.6 is 0 Å². The van der Waals surface area contributed by atoms with Crippen LogP contribution in [-0.2, 0) is 19.1 Å². The highest BCUT2D eigenvalue weighted by Crippen LogP contribution is 2.31. The summed E-state index contributed by atoms with van der Waals surface area (Å²) >= 11 is 0. The van der Waals surface area contributed by atoms with Crippen molar-refractivity contribution >= 4 is 29.5 Å². The second-order valence-corrected chi connectivity index (χ2v) is 11.3. The Hall–Kier alpha value is -4.28. The molecular weight excluding hydrogens is 552 g/mol. The Balaban J connectivity index is 2.52. The molecule has 5 N–H and O–H groups in total. The summed E-state index contributed by atoms with van der Waals surface area (Å²) in [6.07, 6.45) is 4.06. The van der Waals surface area contributed by atoms with Gasteiger partial charge in [0.2, 0.25) is 11.8 Å². The summed E-state index contributed by atoms with van der Waals surface area (Å²) in [5.74, 6) is -1.73. The van der Waals surface area contributed by atoms with Crippen LogP contribution in [0.4, 0.5) is 10.5 Å². The molecular formula is C32H46N4O7. The zero-order chi connectivity index (χ0) is 32.0. The Bertz CT molecular complexity index is 1210. The highest BCUT2D eigenvalue weighted by Gasteiger charge is 2.38. The van der Waals surface area contributed by atoms with Gasteiger partial charge >= 0.3 is 6.09 Å². The van der Waals surface area contributed by atoms with Crippen molar-refractivity contribution in [1.82, 2.24) is 10.2 Å². The molecule has 0 bridgehead atoms. The SMILES string of the molecule is CCCCCCCCN(C(=O)C(CC(N)=O)NC(=O)OC(C)(C)C)C(C(=O)Nc1ccc(OC)cc1)c1ccccc1O. The number of anilines is 1. The van der Waals surface area contributed by atoms with Gasteiger partial charge in [0.05, 0.1) is 13.5 Å². The van der Waals surface area contributed by atoms with E-state index in [1.165, 1.54) is 18.1 Å². The van der Waals surface area contributed by atoms with Crippen molar-refractivity contribution in [1.29, 1.82) is 0 Å².